The third-order valence-electron chi connectivity index (χ3n) is 6.62. The number of piperidine rings is 1. The van der Waals surface area contributed by atoms with Crippen LogP contribution in [0, 0.1) is 11.3 Å². The Bertz CT molecular complexity index is 1240. The molecule has 1 atom stereocenters. The first-order chi connectivity index (χ1) is 17.2. The molecule has 2 aliphatic rings. The second kappa shape index (κ2) is 11.1. The van der Waals surface area contributed by atoms with Crippen LogP contribution in [0.2, 0.25) is 0 Å². The van der Waals surface area contributed by atoms with E-state index in [9.17, 15) is 5.26 Å². The number of thioether (sulfide) groups is 1. The maximum Gasteiger partial charge on any atom is 0.139 e. The van der Waals surface area contributed by atoms with E-state index in [2.05, 4.69) is 23.1 Å². The summed E-state index contributed by atoms with van der Waals surface area (Å²) in [6.45, 7) is 4.03. The van der Waals surface area contributed by atoms with Gasteiger partial charge in [0.15, 0.2) is 0 Å². The molecule has 0 aromatic heterocycles. The lowest BCUT2D eigenvalue weighted by molar-refractivity contribution is 0.183. The zero-order chi connectivity index (χ0) is 24.0. The zero-order valence-electron chi connectivity index (χ0n) is 20.0. The van der Waals surface area contributed by atoms with Crippen LogP contribution >= 0.6 is 11.8 Å². The van der Waals surface area contributed by atoms with Gasteiger partial charge in [-0.2, -0.15) is 5.26 Å². The molecule has 0 aliphatic carbocycles. The number of allylic oxidation sites excluding steroid dienone is 2. The Morgan fingerprint density at radius 3 is 2.49 bits per heavy atom. The molecular formula is C29H30N2O3S. The van der Waals surface area contributed by atoms with E-state index in [1.807, 2.05) is 48.5 Å². The fourth-order valence-corrected chi connectivity index (χ4v) is 5.77. The average molecular weight is 487 g/mol. The molecule has 35 heavy (non-hydrogen) atoms. The second-order valence-electron chi connectivity index (χ2n) is 8.92. The van der Waals surface area contributed by atoms with E-state index in [1.54, 1.807) is 18.9 Å². The molecule has 5 nitrogen and oxygen atoms in total. The number of rotatable bonds is 8. The van der Waals surface area contributed by atoms with Crippen molar-refractivity contribution >= 4 is 22.5 Å². The summed E-state index contributed by atoms with van der Waals surface area (Å²) in [5.41, 5.74) is 1.09. The SMILES string of the molecule is COc1ccc2c(Oc3ccc(OCCN4CCCCC4)cc3)c(C3CC=C(C#N)S3)ccc2c1. The number of nitriles is 1. The number of methoxy groups -OCH3 is 1. The highest BCUT2D eigenvalue weighted by Crippen LogP contribution is 2.49. The molecule has 2 heterocycles. The molecule has 3 aromatic carbocycles. The summed E-state index contributed by atoms with van der Waals surface area (Å²) < 4.78 is 17.9. The van der Waals surface area contributed by atoms with Gasteiger partial charge in [-0.15, -0.1) is 11.8 Å². The number of benzene rings is 3. The third-order valence-corrected chi connectivity index (χ3v) is 7.86. The largest absolute Gasteiger partial charge is 0.497 e. The summed E-state index contributed by atoms with van der Waals surface area (Å²) in [6, 6.07) is 20.4. The Balaban J connectivity index is 1.34. The van der Waals surface area contributed by atoms with Crippen LogP contribution in [0.15, 0.2) is 65.6 Å². The Morgan fingerprint density at radius 1 is 0.971 bits per heavy atom. The predicted molar refractivity (Wildman–Crippen MR) is 141 cm³/mol. The molecule has 1 fully saturated rings. The van der Waals surface area contributed by atoms with Gasteiger partial charge in [-0.05, 0) is 80.2 Å². The number of hydrogen-bond donors (Lipinski definition) is 0. The number of nitrogens with zero attached hydrogens (tertiary/aromatic N) is 2. The molecule has 2 aliphatic heterocycles. The first kappa shape index (κ1) is 23.6. The molecule has 0 radical (unpaired) electrons. The van der Waals surface area contributed by atoms with E-state index >= 15 is 0 Å². The van der Waals surface area contributed by atoms with Gasteiger partial charge in [-0.25, -0.2) is 0 Å². The average Bonchev–Trinajstić information content (AvgIpc) is 3.39. The first-order valence-corrected chi connectivity index (χ1v) is 13.1. The highest BCUT2D eigenvalue weighted by Gasteiger charge is 2.24. The van der Waals surface area contributed by atoms with Crippen LogP contribution in [0.25, 0.3) is 10.8 Å². The lowest BCUT2D eigenvalue weighted by Gasteiger charge is -2.26. The molecule has 0 spiro atoms. The van der Waals surface area contributed by atoms with Gasteiger partial charge >= 0.3 is 0 Å². The number of fused-ring (bicyclic) bond motifs is 1. The summed E-state index contributed by atoms with van der Waals surface area (Å²) in [4.78, 5) is 3.24. The van der Waals surface area contributed by atoms with E-state index in [1.165, 1.54) is 32.4 Å². The zero-order valence-corrected chi connectivity index (χ0v) is 20.9. The molecule has 1 saturated heterocycles. The molecule has 6 heteroatoms. The number of hydrogen-bond acceptors (Lipinski definition) is 6. The topological polar surface area (TPSA) is 54.7 Å². The van der Waals surface area contributed by atoms with Gasteiger partial charge < -0.3 is 14.2 Å². The van der Waals surface area contributed by atoms with Crippen LogP contribution in [-0.4, -0.2) is 38.3 Å². The van der Waals surface area contributed by atoms with E-state index < -0.39 is 0 Å². The molecule has 180 valence electrons. The Hall–Kier alpha value is -3.14. The molecule has 5 rings (SSSR count). The normalized spacial score (nSPS) is 18.2. The molecule has 1 unspecified atom stereocenters. The van der Waals surface area contributed by atoms with Crippen molar-refractivity contribution < 1.29 is 14.2 Å². The quantitative estimate of drug-likeness (QED) is 0.339. The van der Waals surface area contributed by atoms with Gasteiger partial charge in [0.2, 0.25) is 0 Å². The summed E-state index contributed by atoms with van der Waals surface area (Å²) in [6.07, 6.45) is 6.76. The summed E-state index contributed by atoms with van der Waals surface area (Å²) in [5, 5.41) is 11.6. The summed E-state index contributed by atoms with van der Waals surface area (Å²) in [7, 11) is 1.67. The Kier molecular flexibility index (Phi) is 7.46. The highest BCUT2D eigenvalue weighted by atomic mass is 32.2. The monoisotopic (exact) mass is 486 g/mol. The van der Waals surface area contributed by atoms with Crippen molar-refractivity contribution in [1.82, 2.24) is 4.90 Å². The van der Waals surface area contributed by atoms with Crippen molar-refractivity contribution in [3.8, 4) is 29.1 Å². The predicted octanol–water partition coefficient (Wildman–Crippen LogP) is 7.09. The summed E-state index contributed by atoms with van der Waals surface area (Å²) in [5.74, 6) is 3.25. The molecule has 0 amide bonds. The van der Waals surface area contributed by atoms with Crippen LogP contribution in [0.5, 0.6) is 23.0 Å². The van der Waals surface area contributed by atoms with Crippen LogP contribution < -0.4 is 14.2 Å². The minimum atomic E-state index is 0.156. The number of ether oxygens (including phenoxy) is 3. The van der Waals surface area contributed by atoms with Crippen molar-refractivity contribution in [2.24, 2.45) is 0 Å². The molecule has 0 saturated carbocycles. The lowest BCUT2D eigenvalue weighted by atomic mass is 10.0. The lowest BCUT2D eigenvalue weighted by Crippen LogP contribution is -2.33. The van der Waals surface area contributed by atoms with Gasteiger partial charge in [0.05, 0.1) is 12.0 Å². The Labute approximate surface area is 211 Å². The molecular weight excluding hydrogens is 456 g/mol. The first-order valence-electron chi connectivity index (χ1n) is 12.2. The maximum absolute atomic E-state index is 9.33. The van der Waals surface area contributed by atoms with Gasteiger partial charge in [0.1, 0.15) is 35.7 Å². The van der Waals surface area contributed by atoms with Crippen molar-refractivity contribution in [1.29, 1.82) is 5.26 Å². The van der Waals surface area contributed by atoms with E-state index in [-0.39, 0.29) is 5.25 Å². The molecule has 0 N–H and O–H groups in total. The van der Waals surface area contributed by atoms with Gasteiger partial charge in [0.25, 0.3) is 0 Å². The van der Waals surface area contributed by atoms with Crippen LogP contribution in [0.4, 0.5) is 0 Å². The van der Waals surface area contributed by atoms with Crippen molar-refractivity contribution in [3.63, 3.8) is 0 Å². The minimum absolute atomic E-state index is 0.156. The minimum Gasteiger partial charge on any atom is -0.497 e. The Morgan fingerprint density at radius 2 is 1.74 bits per heavy atom. The van der Waals surface area contributed by atoms with Crippen molar-refractivity contribution in [2.45, 2.75) is 30.9 Å². The van der Waals surface area contributed by atoms with Crippen LogP contribution in [0.3, 0.4) is 0 Å². The van der Waals surface area contributed by atoms with Gasteiger partial charge in [0, 0.05) is 22.7 Å². The molecule has 0 bridgehead atoms. The van der Waals surface area contributed by atoms with E-state index in [4.69, 9.17) is 14.2 Å². The van der Waals surface area contributed by atoms with Gasteiger partial charge in [-0.1, -0.05) is 24.6 Å². The number of likely N-dealkylation sites (tertiary alicyclic amines) is 1. The fourth-order valence-electron chi connectivity index (χ4n) is 4.71. The van der Waals surface area contributed by atoms with Gasteiger partial charge in [-0.3, -0.25) is 4.90 Å². The summed E-state index contributed by atoms with van der Waals surface area (Å²) >= 11 is 1.60. The van der Waals surface area contributed by atoms with E-state index in [0.717, 1.165) is 57.2 Å². The smallest absolute Gasteiger partial charge is 0.139 e. The second-order valence-corrected chi connectivity index (χ2v) is 10.2. The van der Waals surface area contributed by atoms with Crippen molar-refractivity contribution in [2.75, 3.05) is 33.4 Å². The molecule has 3 aromatic rings. The van der Waals surface area contributed by atoms with Crippen LogP contribution in [-0.2, 0) is 0 Å². The standard InChI is InChI=1S/C29H30N2O3S/c1-32-24-10-13-26-21(19-24)5-12-27(28-14-11-25(20-30)35-28)29(26)34-23-8-6-22(7-9-23)33-18-17-31-15-3-2-4-16-31/h5-13,19,28H,2-4,14-18H2,1H3. The fraction of sp³-hybridized carbons (Fsp3) is 0.345. The highest BCUT2D eigenvalue weighted by molar-refractivity contribution is 8.03. The van der Waals surface area contributed by atoms with Crippen molar-refractivity contribution in [3.05, 3.63) is 71.1 Å². The maximum atomic E-state index is 9.33. The third kappa shape index (κ3) is 5.58. The van der Waals surface area contributed by atoms with Crippen LogP contribution in [0.1, 0.15) is 36.5 Å². The van der Waals surface area contributed by atoms with E-state index in [0.29, 0.717) is 6.61 Å².